The zero-order chi connectivity index (χ0) is 19.5. The number of aryl methyl sites for hydroxylation is 2. The molecule has 0 bridgehead atoms. The normalized spacial score (nSPS) is 12.2. The van der Waals surface area contributed by atoms with Crippen molar-refractivity contribution in [2.75, 3.05) is 13.3 Å². The molecule has 1 N–H and O–H groups in total. The minimum atomic E-state index is -0.0763. The van der Waals surface area contributed by atoms with Gasteiger partial charge < -0.3 is 19.2 Å². The van der Waals surface area contributed by atoms with Gasteiger partial charge in [0, 0.05) is 12.1 Å². The van der Waals surface area contributed by atoms with Gasteiger partial charge in [0.25, 0.3) is 0 Å². The third-order valence-corrected chi connectivity index (χ3v) is 4.69. The maximum Gasteiger partial charge on any atom is 0.231 e. The summed E-state index contributed by atoms with van der Waals surface area (Å²) in [5, 5.41) is 2.94. The summed E-state index contributed by atoms with van der Waals surface area (Å²) in [6, 6.07) is 13.8. The van der Waals surface area contributed by atoms with Gasteiger partial charge in [0.15, 0.2) is 11.5 Å². The van der Waals surface area contributed by atoms with Gasteiger partial charge in [-0.15, -0.1) is 0 Å². The molecule has 1 amide bonds. The Bertz CT molecular complexity index is 992. The molecule has 2 aromatic carbocycles. The largest absolute Gasteiger partial charge is 0.454 e. The molecule has 1 aromatic heterocycles. The lowest BCUT2D eigenvalue weighted by molar-refractivity contribution is -0.120. The molecule has 0 radical (unpaired) electrons. The fraction of sp³-hybridized carbons (Fsp3) is 0.273. The minimum absolute atomic E-state index is 0.0763. The van der Waals surface area contributed by atoms with Gasteiger partial charge in [-0.05, 0) is 50.1 Å². The highest BCUT2D eigenvalue weighted by Gasteiger charge is 2.15. The number of aromatic nitrogens is 1. The Kier molecular flexibility index (Phi) is 5.02. The predicted octanol–water partition coefficient (Wildman–Crippen LogP) is 3.59. The Balaban J connectivity index is 1.32. The van der Waals surface area contributed by atoms with E-state index in [1.165, 1.54) is 5.56 Å². The average molecular weight is 378 g/mol. The zero-order valence-electron chi connectivity index (χ0n) is 16.0. The molecule has 6 nitrogen and oxygen atoms in total. The van der Waals surface area contributed by atoms with Crippen LogP contribution >= 0.6 is 0 Å². The van der Waals surface area contributed by atoms with Crippen molar-refractivity contribution in [3.8, 4) is 23.0 Å². The van der Waals surface area contributed by atoms with E-state index in [1.54, 1.807) is 0 Å². The molecule has 0 spiro atoms. The Labute approximate surface area is 163 Å². The lowest BCUT2D eigenvalue weighted by atomic mass is 10.1. The molecule has 0 unspecified atom stereocenters. The molecule has 6 heteroatoms. The van der Waals surface area contributed by atoms with Crippen LogP contribution in [0.15, 0.2) is 46.9 Å². The molecule has 0 saturated heterocycles. The number of carbonyl (C=O) groups excluding carboxylic acids is 1. The van der Waals surface area contributed by atoms with Gasteiger partial charge in [0.1, 0.15) is 5.76 Å². The maximum atomic E-state index is 12.3. The molecular weight excluding hydrogens is 356 g/mol. The van der Waals surface area contributed by atoms with E-state index >= 15 is 0 Å². The molecule has 1 aliphatic heterocycles. The van der Waals surface area contributed by atoms with Crippen molar-refractivity contribution in [2.24, 2.45) is 0 Å². The van der Waals surface area contributed by atoms with Crippen molar-refractivity contribution in [1.82, 2.24) is 10.3 Å². The van der Waals surface area contributed by atoms with Crippen LogP contribution in [-0.4, -0.2) is 24.2 Å². The smallest absolute Gasteiger partial charge is 0.231 e. The second-order valence-corrected chi connectivity index (χ2v) is 6.85. The molecule has 3 aromatic rings. The SMILES string of the molecule is Cc1ccc(-c2nc(CC(=O)NCCc3ccc4c(c3)OCO4)c(C)o2)cc1. The number of ether oxygens (including phenoxy) is 2. The summed E-state index contributed by atoms with van der Waals surface area (Å²) < 4.78 is 16.4. The van der Waals surface area contributed by atoms with Gasteiger partial charge in [-0.1, -0.05) is 23.8 Å². The molecule has 144 valence electrons. The first-order valence-electron chi connectivity index (χ1n) is 9.27. The molecule has 0 atom stereocenters. The van der Waals surface area contributed by atoms with Gasteiger partial charge >= 0.3 is 0 Å². The monoisotopic (exact) mass is 378 g/mol. The van der Waals surface area contributed by atoms with E-state index in [1.807, 2.05) is 56.3 Å². The predicted molar refractivity (Wildman–Crippen MR) is 104 cm³/mol. The highest BCUT2D eigenvalue weighted by atomic mass is 16.7. The summed E-state index contributed by atoms with van der Waals surface area (Å²) in [4.78, 5) is 16.8. The molecule has 2 heterocycles. The van der Waals surface area contributed by atoms with Crippen LogP contribution in [0, 0.1) is 13.8 Å². The van der Waals surface area contributed by atoms with Gasteiger partial charge in [0.2, 0.25) is 18.6 Å². The molecule has 28 heavy (non-hydrogen) atoms. The number of oxazole rings is 1. The van der Waals surface area contributed by atoms with Gasteiger partial charge in [-0.2, -0.15) is 0 Å². The fourth-order valence-corrected chi connectivity index (χ4v) is 3.07. The van der Waals surface area contributed by atoms with E-state index in [9.17, 15) is 4.79 Å². The lowest BCUT2D eigenvalue weighted by Gasteiger charge is -2.05. The van der Waals surface area contributed by atoms with Crippen LogP contribution in [0.25, 0.3) is 11.5 Å². The second-order valence-electron chi connectivity index (χ2n) is 6.85. The average Bonchev–Trinajstić information content (AvgIpc) is 3.29. The van der Waals surface area contributed by atoms with Crippen LogP contribution in [-0.2, 0) is 17.6 Å². The van der Waals surface area contributed by atoms with Crippen LogP contribution < -0.4 is 14.8 Å². The molecular formula is C22H22N2O4. The van der Waals surface area contributed by atoms with E-state index in [2.05, 4.69) is 10.3 Å². The summed E-state index contributed by atoms with van der Waals surface area (Å²) in [5.41, 5.74) is 3.83. The minimum Gasteiger partial charge on any atom is -0.454 e. The van der Waals surface area contributed by atoms with Crippen LogP contribution in [0.3, 0.4) is 0 Å². The van der Waals surface area contributed by atoms with E-state index in [0.717, 1.165) is 29.0 Å². The highest BCUT2D eigenvalue weighted by Crippen LogP contribution is 2.32. The first-order valence-corrected chi connectivity index (χ1v) is 9.27. The number of rotatable bonds is 6. The zero-order valence-corrected chi connectivity index (χ0v) is 16.0. The standard InChI is InChI=1S/C22H22N2O4/c1-14-3-6-17(7-4-14)22-24-18(15(2)28-22)12-21(25)23-10-9-16-5-8-19-20(11-16)27-13-26-19/h3-8,11H,9-10,12-13H2,1-2H3,(H,23,25). The first kappa shape index (κ1) is 18.1. The second kappa shape index (κ2) is 7.76. The summed E-state index contributed by atoms with van der Waals surface area (Å²) in [5.74, 6) is 2.65. The van der Waals surface area contributed by atoms with Crippen molar-refractivity contribution < 1.29 is 18.7 Å². The molecule has 1 aliphatic rings. The number of hydrogen-bond donors (Lipinski definition) is 1. The number of nitrogens with one attached hydrogen (secondary N) is 1. The van der Waals surface area contributed by atoms with Crippen molar-refractivity contribution in [3.63, 3.8) is 0 Å². The van der Waals surface area contributed by atoms with E-state index in [4.69, 9.17) is 13.9 Å². The Morgan fingerprint density at radius 2 is 1.86 bits per heavy atom. The van der Waals surface area contributed by atoms with Crippen LogP contribution in [0.5, 0.6) is 11.5 Å². The summed E-state index contributed by atoms with van der Waals surface area (Å²) in [6.07, 6.45) is 0.914. The number of hydrogen-bond acceptors (Lipinski definition) is 5. The molecule has 0 aliphatic carbocycles. The number of nitrogens with zero attached hydrogens (tertiary/aromatic N) is 1. The van der Waals surface area contributed by atoms with E-state index in [0.29, 0.717) is 23.9 Å². The third-order valence-electron chi connectivity index (χ3n) is 4.69. The van der Waals surface area contributed by atoms with Gasteiger partial charge in [-0.25, -0.2) is 4.98 Å². The topological polar surface area (TPSA) is 73.6 Å². The molecule has 4 rings (SSSR count). The van der Waals surface area contributed by atoms with Crippen molar-refractivity contribution in [3.05, 3.63) is 65.0 Å². The van der Waals surface area contributed by atoms with Crippen molar-refractivity contribution in [2.45, 2.75) is 26.7 Å². The Morgan fingerprint density at radius 3 is 2.68 bits per heavy atom. The number of fused-ring (bicyclic) bond motifs is 1. The summed E-state index contributed by atoms with van der Waals surface area (Å²) in [7, 11) is 0. The maximum absolute atomic E-state index is 12.3. The van der Waals surface area contributed by atoms with Crippen LogP contribution in [0.2, 0.25) is 0 Å². The van der Waals surface area contributed by atoms with Crippen LogP contribution in [0.1, 0.15) is 22.6 Å². The molecule has 0 fully saturated rings. The van der Waals surface area contributed by atoms with Crippen molar-refractivity contribution in [1.29, 1.82) is 0 Å². The van der Waals surface area contributed by atoms with E-state index < -0.39 is 0 Å². The molecule has 0 saturated carbocycles. The summed E-state index contributed by atoms with van der Waals surface area (Å²) >= 11 is 0. The van der Waals surface area contributed by atoms with Crippen LogP contribution in [0.4, 0.5) is 0 Å². The highest BCUT2D eigenvalue weighted by molar-refractivity contribution is 5.78. The van der Waals surface area contributed by atoms with Crippen molar-refractivity contribution >= 4 is 5.91 Å². The van der Waals surface area contributed by atoms with Gasteiger partial charge in [-0.3, -0.25) is 4.79 Å². The number of amides is 1. The number of benzene rings is 2. The Hall–Kier alpha value is -3.28. The van der Waals surface area contributed by atoms with E-state index in [-0.39, 0.29) is 19.1 Å². The van der Waals surface area contributed by atoms with Gasteiger partial charge in [0.05, 0.1) is 12.1 Å². The Morgan fingerprint density at radius 1 is 1.07 bits per heavy atom. The summed E-state index contributed by atoms with van der Waals surface area (Å²) in [6.45, 7) is 4.67. The fourth-order valence-electron chi connectivity index (χ4n) is 3.07. The lowest BCUT2D eigenvalue weighted by Crippen LogP contribution is -2.27. The quantitative estimate of drug-likeness (QED) is 0.710. The third kappa shape index (κ3) is 4.01. The first-order chi connectivity index (χ1) is 13.6. The number of carbonyl (C=O) groups is 1.